The lowest BCUT2D eigenvalue weighted by Crippen LogP contribution is -2.23. The van der Waals surface area contributed by atoms with Crippen molar-refractivity contribution in [3.05, 3.63) is 59.7 Å². The van der Waals surface area contributed by atoms with Gasteiger partial charge in [-0.25, -0.2) is 8.78 Å². The smallest absolute Gasteiger partial charge is 0.326 e. The van der Waals surface area contributed by atoms with Crippen LogP contribution in [0.2, 0.25) is 0 Å². The molecule has 2 N–H and O–H groups in total. The first-order valence-corrected chi connectivity index (χ1v) is 6.88. The highest BCUT2D eigenvalue weighted by Gasteiger charge is 2.33. The summed E-state index contributed by atoms with van der Waals surface area (Å²) in [5.74, 6) is -4.19. The minimum atomic E-state index is -4.67. The summed E-state index contributed by atoms with van der Waals surface area (Å²) in [6.45, 7) is 0. The van der Waals surface area contributed by atoms with E-state index >= 15 is 0 Å². The van der Waals surface area contributed by atoms with Crippen molar-refractivity contribution in [2.24, 2.45) is 0 Å². The molecule has 0 atom stereocenters. The summed E-state index contributed by atoms with van der Waals surface area (Å²) >= 11 is 0. The monoisotopic (exact) mass is 358 g/mol. The van der Waals surface area contributed by atoms with Crippen molar-refractivity contribution in [1.82, 2.24) is 0 Å². The number of amides is 2. The number of carbonyl (C=O) groups is 2. The topological polar surface area (TPSA) is 58.2 Å². The van der Waals surface area contributed by atoms with Crippen LogP contribution in [0, 0.1) is 11.6 Å². The molecule has 0 fully saturated rings. The van der Waals surface area contributed by atoms with E-state index in [0.717, 1.165) is 30.3 Å². The van der Waals surface area contributed by atoms with Crippen LogP contribution in [0.1, 0.15) is 12.0 Å². The van der Waals surface area contributed by atoms with Gasteiger partial charge in [0.2, 0.25) is 11.8 Å². The van der Waals surface area contributed by atoms with Gasteiger partial charge in [-0.05, 0) is 24.3 Å². The molecule has 132 valence electrons. The van der Waals surface area contributed by atoms with Gasteiger partial charge in [-0.1, -0.05) is 12.1 Å². The predicted octanol–water partition coefficient (Wildman–Crippen LogP) is 3.95. The minimum Gasteiger partial charge on any atom is -0.326 e. The van der Waals surface area contributed by atoms with E-state index < -0.39 is 47.3 Å². The van der Waals surface area contributed by atoms with Crippen LogP contribution in [-0.2, 0) is 15.8 Å². The van der Waals surface area contributed by atoms with E-state index in [9.17, 15) is 31.5 Å². The Bertz CT molecular complexity index is 805. The second-order valence-corrected chi connectivity index (χ2v) is 4.95. The van der Waals surface area contributed by atoms with Gasteiger partial charge < -0.3 is 10.6 Å². The van der Waals surface area contributed by atoms with Crippen LogP contribution in [0.3, 0.4) is 0 Å². The Kier molecular flexibility index (Phi) is 5.35. The SMILES string of the molecule is O=C(CC(=O)Nc1ccccc1C(F)(F)F)Nc1ccc(F)c(F)c1. The highest BCUT2D eigenvalue weighted by molar-refractivity contribution is 6.08. The predicted molar refractivity (Wildman–Crippen MR) is 79.7 cm³/mol. The molecule has 0 unspecified atom stereocenters. The highest BCUT2D eigenvalue weighted by atomic mass is 19.4. The Labute approximate surface area is 138 Å². The molecule has 0 spiro atoms. The quantitative estimate of drug-likeness (QED) is 0.642. The van der Waals surface area contributed by atoms with Gasteiger partial charge >= 0.3 is 6.18 Å². The van der Waals surface area contributed by atoms with Crippen LogP contribution < -0.4 is 10.6 Å². The molecule has 0 aliphatic rings. The third-order valence-electron chi connectivity index (χ3n) is 3.03. The van der Waals surface area contributed by atoms with Crippen LogP contribution in [-0.4, -0.2) is 11.8 Å². The van der Waals surface area contributed by atoms with Crippen molar-refractivity contribution in [3.8, 4) is 0 Å². The van der Waals surface area contributed by atoms with Crippen molar-refractivity contribution in [1.29, 1.82) is 0 Å². The number of hydrogen-bond acceptors (Lipinski definition) is 2. The van der Waals surface area contributed by atoms with E-state index in [1.807, 2.05) is 5.32 Å². The molecule has 9 heteroatoms. The zero-order valence-corrected chi connectivity index (χ0v) is 12.5. The lowest BCUT2D eigenvalue weighted by molar-refractivity contribution is -0.137. The number of carbonyl (C=O) groups excluding carboxylic acids is 2. The summed E-state index contributed by atoms with van der Waals surface area (Å²) < 4.78 is 64.3. The van der Waals surface area contributed by atoms with Gasteiger partial charge in [0.1, 0.15) is 6.42 Å². The largest absolute Gasteiger partial charge is 0.418 e. The molecule has 2 aromatic carbocycles. The molecule has 2 amide bonds. The summed E-state index contributed by atoms with van der Waals surface area (Å²) in [5, 5.41) is 4.14. The van der Waals surface area contributed by atoms with Crippen LogP contribution >= 0.6 is 0 Å². The molecule has 0 bridgehead atoms. The van der Waals surface area contributed by atoms with E-state index in [-0.39, 0.29) is 5.69 Å². The van der Waals surface area contributed by atoms with Gasteiger partial charge in [0.05, 0.1) is 11.3 Å². The van der Waals surface area contributed by atoms with E-state index in [1.54, 1.807) is 0 Å². The molecule has 25 heavy (non-hydrogen) atoms. The number of alkyl halides is 3. The maximum Gasteiger partial charge on any atom is 0.418 e. The molecule has 0 aliphatic heterocycles. The molecule has 0 saturated carbocycles. The second kappa shape index (κ2) is 7.29. The Morgan fingerprint density at radius 3 is 2.16 bits per heavy atom. The molecule has 0 heterocycles. The van der Waals surface area contributed by atoms with Crippen molar-refractivity contribution in [2.45, 2.75) is 12.6 Å². The first kappa shape index (κ1) is 18.4. The van der Waals surface area contributed by atoms with E-state index in [2.05, 4.69) is 5.32 Å². The first-order valence-electron chi connectivity index (χ1n) is 6.88. The lowest BCUT2D eigenvalue weighted by Gasteiger charge is -2.13. The molecule has 0 radical (unpaired) electrons. The Morgan fingerprint density at radius 2 is 1.52 bits per heavy atom. The van der Waals surface area contributed by atoms with E-state index in [0.29, 0.717) is 6.07 Å². The van der Waals surface area contributed by atoms with Gasteiger partial charge in [0, 0.05) is 11.8 Å². The van der Waals surface area contributed by atoms with Crippen LogP contribution in [0.5, 0.6) is 0 Å². The third-order valence-corrected chi connectivity index (χ3v) is 3.03. The summed E-state index contributed by atoms with van der Waals surface area (Å²) in [7, 11) is 0. The molecule has 0 aliphatic carbocycles. The number of benzene rings is 2. The molecular formula is C16H11F5N2O2. The van der Waals surface area contributed by atoms with Crippen molar-refractivity contribution < 1.29 is 31.5 Å². The Balaban J connectivity index is 2.01. The third kappa shape index (κ3) is 5.00. The fourth-order valence-electron chi connectivity index (χ4n) is 1.96. The van der Waals surface area contributed by atoms with Gasteiger partial charge in [0.15, 0.2) is 11.6 Å². The van der Waals surface area contributed by atoms with Gasteiger partial charge in [-0.15, -0.1) is 0 Å². The molecule has 4 nitrogen and oxygen atoms in total. The maximum absolute atomic E-state index is 13.0. The Morgan fingerprint density at radius 1 is 0.880 bits per heavy atom. The average Bonchev–Trinajstić information content (AvgIpc) is 2.50. The normalized spacial score (nSPS) is 11.1. The number of anilines is 2. The second-order valence-electron chi connectivity index (χ2n) is 4.95. The number of nitrogens with one attached hydrogen (secondary N) is 2. The van der Waals surface area contributed by atoms with E-state index in [1.165, 1.54) is 6.07 Å². The zero-order chi connectivity index (χ0) is 18.6. The standard InChI is InChI=1S/C16H11F5N2O2/c17-11-6-5-9(7-12(11)18)22-14(24)8-15(25)23-13-4-2-1-3-10(13)16(19,20)21/h1-7H,8H2,(H,22,24)(H,23,25). The number of rotatable bonds is 4. The van der Waals surface area contributed by atoms with Crippen LogP contribution in [0.4, 0.5) is 33.3 Å². The summed E-state index contributed by atoms with van der Waals surface area (Å²) in [5.41, 5.74) is -1.63. The first-order chi connectivity index (χ1) is 11.7. The number of halogens is 5. The van der Waals surface area contributed by atoms with Gasteiger partial charge in [0.25, 0.3) is 0 Å². The summed E-state index contributed by atoms with van der Waals surface area (Å²) in [4.78, 5) is 23.4. The van der Waals surface area contributed by atoms with Crippen LogP contribution in [0.15, 0.2) is 42.5 Å². The van der Waals surface area contributed by atoms with Gasteiger partial charge in [-0.2, -0.15) is 13.2 Å². The lowest BCUT2D eigenvalue weighted by atomic mass is 10.1. The summed E-state index contributed by atoms with van der Waals surface area (Å²) in [6, 6.07) is 6.87. The molecule has 0 aromatic heterocycles. The Hall–Kier alpha value is -2.97. The average molecular weight is 358 g/mol. The zero-order valence-electron chi connectivity index (χ0n) is 12.5. The molecule has 0 saturated heterocycles. The van der Waals surface area contributed by atoms with E-state index in [4.69, 9.17) is 0 Å². The minimum absolute atomic E-state index is 0.0904. The number of para-hydroxylation sites is 1. The summed E-state index contributed by atoms with van der Waals surface area (Å²) in [6.07, 6.45) is -5.47. The molecular weight excluding hydrogens is 347 g/mol. The van der Waals surface area contributed by atoms with Crippen LogP contribution in [0.25, 0.3) is 0 Å². The fourth-order valence-corrected chi connectivity index (χ4v) is 1.96. The molecule has 2 aromatic rings. The maximum atomic E-state index is 13.0. The highest BCUT2D eigenvalue weighted by Crippen LogP contribution is 2.34. The van der Waals surface area contributed by atoms with Gasteiger partial charge in [-0.3, -0.25) is 9.59 Å². The van der Waals surface area contributed by atoms with Crippen molar-refractivity contribution >= 4 is 23.2 Å². The fraction of sp³-hybridized carbons (Fsp3) is 0.125. The van der Waals surface area contributed by atoms with Crippen molar-refractivity contribution in [2.75, 3.05) is 10.6 Å². The van der Waals surface area contributed by atoms with Crippen molar-refractivity contribution in [3.63, 3.8) is 0 Å². The molecule has 2 rings (SSSR count). The number of hydrogen-bond donors (Lipinski definition) is 2.